The van der Waals surface area contributed by atoms with Crippen molar-refractivity contribution < 1.29 is 68.2 Å². The standard InChI is InChI=1S/3C29H24N2O4S.C2H4O2/c3*1-15-11-16(2)24-22(12-15)36-29(30-24)31-25(18-7-5-4-6-8-18)23(27(33)28(31)34)26(32)19-9-10-21-20(14-19)13-17(3)35-21;1-2(3)4/h3*4-12,14,17,25,32H,13H2,1-3H3;1H3,(H,3,4). The van der Waals surface area contributed by atoms with Gasteiger partial charge in [0.1, 0.15) is 52.8 Å². The molecule has 0 radical (unpaired) electrons. The van der Waals surface area contributed by atoms with Gasteiger partial charge in [0.05, 0.1) is 65.5 Å². The molecule has 6 atom stereocenters. The summed E-state index contributed by atoms with van der Waals surface area (Å²) in [6.07, 6.45) is 2.32. The molecule has 0 saturated carbocycles. The fraction of sp³-hybridized carbons (Fsp3) is 0.213. The Morgan fingerprint density at radius 1 is 0.375 bits per heavy atom. The molecule has 4 N–H and O–H groups in total. The number of hydrogen-bond donors (Lipinski definition) is 4. The summed E-state index contributed by atoms with van der Waals surface area (Å²) in [5, 5.41) is 43.1. The van der Waals surface area contributed by atoms with Gasteiger partial charge in [0.2, 0.25) is 0 Å². The van der Waals surface area contributed by atoms with Crippen molar-refractivity contribution in [1.29, 1.82) is 0 Å². The number of thiazole rings is 3. The molecule has 6 aliphatic rings. The Morgan fingerprint density at radius 3 is 0.875 bits per heavy atom. The molecule has 0 aliphatic carbocycles. The number of Topliss-reactive ketones (excluding diaryl/α,β-unsaturated/α-hetero) is 3. The molecule has 0 spiro atoms. The Morgan fingerprint density at radius 2 is 0.625 bits per heavy atom. The highest BCUT2D eigenvalue weighted by atomic mass is 32.1. The second kappa shape index (κ2) is 30.1. The highest BCUT2D eigenvalue weighted by molar-refractivity contribution is 7.23. The lowest BCUT2D eigenvalue weighted by atomic mass is 9.94. The largest absolute Gasteiger partial charge is 0.507 e. The van der Waals surface area contributed by atoms with Gasteiger partial charge >= 0.3 is 17.7 Å². The van der Waals surface area contributed by atoms with Crippen molar-refractivity contribution >= 4 is 138 Å². The maximum absolute atomic E-state index is 13.5. The summed E-state index contributed by atoms with van der Waals surface area (Å²) in [4.78, 5) is 108. The first kappa shape index (κ1) is 75.0. The van der Waals surface area contributed by atoms with E-state index < -0.39 is 59.2 Å². The zero-order valence-corrected chi connectivity index (χ0v) is 65.1. The van der Waals surface area contributed by atoms with Crippen LogP contribution in [0.5, 0.6) is 17.2 Å². The Bertz CT molecular complexity index is 5450. The number of carboxylic acids is 1. The highest BCUT2D eigenvalue weighted by Gasteiger charge is 2.51. The number of aliphatic hydroxyl groups excluding tert-OH is 3. The summed E-state index contributed by atoms with van der Waals surface area (Å²) in [7, 11) is 0. The first-order valence-electron chi connectivity index (χ1n) is 36.5. The molecule has 112 heavy (non-hydrogen) atoms. The van der Waals surface area contributed by atoms with Gasteiger partial charge in [-0.05, 0) is 202 Å². The SMILES string of the molecule is CC(=O)O.Cc1cc(C)c2nc(N3C(=O)C(=O)C(=C(O)c4ccc5c(c4)CC(C)O5)C3c3ccccc3)sc2c1.Cc1cc(C)c2nc(N3C(=O)C(=O)C(=C(O)c4ccc5c(c4)CC(C)O5)C3c3ccccc3)sc2c1.Cc1cc(C)c2nc(N3C(=O)C(=O)C(=C(O)c4ccc5c(c4)CC(C)O5)C3c3ccccc3)sc2c1. The predicted molar refractivity (Wildman–Crippen MR) is 435 cm³/mol. The van der Waals surface area contributed by atoms with E-state index in [1.54, 1.807) is 36.4 Å². The lowest BCUT2D eigenvalue weighted by Crippen LogP contribution is -2.29. The van der Waals surface area contributed by atoms with E-state index in [0.29, 0.717) is 32.1 Å². The van der Waals surface area contributed by atoms with Gasteiger partial charge in [0.15, 0.2) is 15.4 Å². The second-order valence-corrected chi connectivity index (χ2v) is 31.9. The third kappa shape index (κ3) is 14.0. The van der Waals surface area contributed by atoms with Gasteiger partial charge in [0, 0.05) is 42.9 Å². The molecule has 6 unspecified atom stereocenters. The monoisotopic (exact) mass is 1550 g/mol. The Hall–Kier alpha value is -12.4. The first-order valence-corrected chi connectivity index (χ1v) is 38.9. The Kier molecular flexibility index (Phi) is 20.2. The molecule has 3 amide bonds. The fourth-order valence-electron chi connectivity index (χ4n) is 15.5. The Balaban J connectivity index is 0.000000130. The third-order valence-electron chi connectivity index (χ3n) is 20.3. The number of carbonyl (C=O) groups excluding carboxylic acids is 6. The molecular formula is C89H76N6O14S3. The number of aromatic nitrogens is 3. The number of carbonyl (C=O) groups is 7. The van der Waals surface area contributed by atoms with E-state index in [0.717, 1.165) is 141 Å². The summed E-state index contributed by atoms with van der Waals surface area (Å²) >= 11 is 4.12. The molecule has 9 heterocycles. The summed E-state index contributed by atoms with van der Waals surface area (Å²) in [6, 6.07) is 53.9. The van der Waals surface area contributed by atoms with Crippen LogP contribution < -0.4 is 28.9 Å². The molecule has 20 nitrogen and oxygen atoms in total. The normalized spacial score (nSPS) is 20.2. The number of anilines is 3. The number of aliphatic hydroxyl groups is 3. The number of benzene rings is 9. The molecule has 12 aromatic rings. The number of nitrogens with zero attached hydrogens (tertiary/aromatic N) is 6. The van der Waals surface area contributed by atoms with E-state index in [4.69, 9.17) is 39.1 Å². The fourth-order valence-corrected chi connectivity index (χ4v) is 19.0. The molecule has 0 bridgehead atoms. The average molecular weight is 1550 g/mol. The van der Waals surface area contributed by atoms with Crippen LogP contribution in [0.15, 0.2) is 199 Å². The zero-order chi connectivity index (χ0) is 79.0. The lowest BCUT2D eigenvalue weighted by molar-refractivity contribution is -0.134. The number of fused-ring (bicyclic) bond motifs is 6. The smallest absolute Gasteiger partial charge is 0.301 e. The van der Waals surface area contributed by atoms with Gasteiger partial charge in [-0.3, -0.25) is 48.3 Å². The molecule has 6 aliphatic heterocycles. The van der Waals surface area contributed by atoms with E-state index in [1.165, 1.54) is 48.7 Å². The molecule has 23 heteroatoms. The molecule has 3 aromatic heterocycles. The maximum Gasteiger partial charge on any atom is 0.301 e. The van der Waals surface area contributed by atoms with Gasteiger partial charge in [-0.25, -0.2) is 15.0 Å². The first-order chi connectivity index (χ1) is 53.7. The van der Waals surface area contributed by atoms with Crippen LogP contribution in [0.4, 0.5) is 15.4 Å². The number of rotatable bonds is 9. The molecule has 9 aromatic carbocycles. The highest BCUT2D eigenvalue weighted by Crippen LogP contribution is 2.50. The van der Waals surface area contributed by atoms with Crippen molar-refractivity contribution in [3.8, 4) is 17.2 Å². The number of amides is 3. The van der Waals surface area contributed by atoms with Crippen LogP contribution in [0.2, 0.25) is 0 Å². The van der Waals surface area contributed by atoms with E-state index in [-0.39, 0.29) is 52.3 Å². The van der Waals surface area contributed by atoms with Crippen molar-refractivity contribution in [3.63, 3.8) is 0 Å². The molecule has 3 fully saturated rings. The summed E-state index contributed by atoms with van der Waals surface area (Å²) in [5.74, 6) is -3.35. The third-order valence-corrected chi connectivity index (χ3v) is 23.3. The van der Waals surface area contributed by atoms with Crippen LogP contribution >= 0.6 is 34.0 Å². The van der Waals surface area contributed by atoms with Crippen molar-refractivity contribution in [1.82, 2.24) is 15.0 Å². The minimum absolute atomic E-state index is 0.0541. The summed E-state index contributed by atoms with van der Waals surface area (Å²) < 4.78 is 20.2. The number of aryl methyl sites for hydroxylation is 6. The maximum atomic E-state index is 13.5. The van der Waals surface area contributed by atoms with E-state index >= 15 is 0 Å². The van der Waals surface area contributed by atoms with Crippen LogP contribution in [0.25, 0.3) is 47.9 Å². The minimum Gasteiger partial charge on any atom is -0.507 e. The van der Waals surface area contributed by atoms with Crippen molar-refractivity contribution in [3.05, 3.63) is 282 Å². The van der Waals surface area contributed by atoms with Crippen LogP contribution in [-0.4, -0.2) is 94.7 Å². The summed E-state index contributed by atoms with van der Waals surface area (Å²) in [6.45, 7) is 19.1. The van der Waals surface area contributed by atoms with Gasteiger partial charge in [-0.15, -0.1) is 0 Å². The van der Waals surface area contributed by atoms with Crippen molar-refractivity contribution in [2.24, 2.45) is 0 Å². The van der Waals surface area contributed by atoms with Gasteiger partial charge < -0.3 is 34.6 Å². The quantitative estimate of drug-likeness (QED) is 0.0594. The predicted octanol–water partition coefficient (Wildman–Crippen LogP) is 17.7. The topological polar surface area (TPSA) is 276 Å². The minimum atomic E-state index is -0.833. The van der Waals surface area contributed by atoms with E-state index in [1.807, 2.05) is 208 Å². The number of ether oxygens (including phenoxy) is 3. The van der Waals surface area contributed by atoms with Crippen LogP contribution in [-0.2, 0) is 52.8 Å². The van der Waals surface area contributed by atoms with Gasteiger partial charge in [-0.1, -0.05) is 143 Å². The van der Waals surface area contributed by atoms with Crippen LogP contribution in [0, 0.1) is 41.5 Å². The second-order valence-electron chi connectivity index (χ2n) is 28.9. The Labute approximate surface area is 656 Å². The van der Waals surface area contributed by atoms with Crippen molar-refractivity contribution in [2.45, 2.75) is 125 Å². The number of aliphatic carboxylic acids is 1. The lowest BCUT2D eigenvalue weighted by Gasteiger charge is -2.23. The van der Waals surface area contributed by atoms with Gasteiger partial charge in [-0.2, -0.15) is 0 Å². The van der Waals surface area contributed by atoms with Crippen LogP contribution in [0.1, 0.15) is 129 Å². The molecule has 3 saturated heterocycles. The number of hydrogen-bond acceptors (Lipinski definition) is 19. The zero-order valence-electron chi connectivity index (χ0n) is 62.7. The average Bonchev–Trinajstić information content (AvgIpc) is 1.59. The van der Waals surface area contributed by atoms with E-state index in [2.05, 4.69) is 0 Å². The van der Waals surface area contributed by atoms with E-state index in [9.17, 15) is 44.1 Å². The van der Waals surface area contributed by atoms with Crippen LogP contribution in [0.3, 0.4) is 0 Å². The number of ketones is 3. The van der Waals surface area contributed by atoms with Gasteiger partial charge in [0.25, 0.3) is 23.3 Å². The summed E-state index contributed by atoms with van der Waals surface area (Å²) in [5.41, 5.74) is 15.5. The molecular weight excluding hydrogens is 1470 g/mol. The molecule has 564 valence electrons. The molecule has 18 rings (SSSR count). The number of carboxylic acid groups (broad SMARTS) is 1. The van der Waals surface area contributed by atoms with Crippen molar-refractivity contribution in [2.75, 3.05) is 14.7 Å².